The van der Waals surface area contributed by atoms with E-state index in [2.05, 4.69) is 10.3 Å². The van der Waals surface area contributed by atoms with Crippen LogP contribution in [-0.2, 0) is 0 Å². The predicted octanol–water partition coefficient (Wildman–Crippen LogP) is 3.61. The molecule has 1 heterocycles. The van der Waals surface area contributed by atoms with Gasteiger partial charge < -0.3 is 5.32 Å². The number of nitrogens with zero attached hydrogens (tertiary/aromatic N) is 1. The van der Waals surface area contributed by atoms with Crippen LogP contribution in [0.25, 0.3) is 0 Å². The van der Waals surface area contributed by atoms with Gasteiger partial charge in [-0.1, -0.05) is 11.8 Å². The van der Waals surface area contributed by atoms with Gasteiger partial charge in [0.1, 0.15) is 5.84 Å². The van der Waals surface area contributed by atoms with E-state index in [9.17, 15) is 8.78 Å². The number of aliphatic imine (C=N–C) groups is 1. The number of anilines is 1. The van der Waals surface area contributed by atoms with E-state index >= 15 is 0 Å². The quantitative estimate of drug-likeness (QED) is 0.819. The van der Waals surface area contributed by atoms with E-state index in [1.165, 1.54) is 0 Å². The smallest absolute Gasteiger partial charge is 0.288 e. The molecule has 0 saturated carbocycles. The van der Waals surface area contributed by atoms with E-state index in [1.54, 1.807) is 24.3 Å². The van der Waals surface area contributed by atoms with E-state index in [-0.39, 0.29) is 0 Å². The molecule has 1 aromatic rings. The summed E-state index contributed by atoms with van der Waals surface area (Å²) < 4.78 is 24.2. The van der Waals surface area contributed by atoms with Gasteiger partial charge in [-0.05, 0) is 30.7 Å². The second kappa shape index (κ2) is 5.30. The van der Waals surface area contributed by atoms with Crippen LogP contribution in [0.15, 0.2) is 34.2 Å². The second-order valence-electron chi connectivity index (χ2n) is 3.46. The number of alkyl halides is 2. The SMILES string of the molecule is FC(F)Sc1ccc(NC2=NCCC2)cc1. The summed E-state index contributed by atoms with van der Waals surface area (Å²) in [5.41, 5.74) is 0.902. The molecule has 1 aliphatic heterocycles. The highest BCUT2D eigenvalue weighted by Gasteiger charge is 2.07. The van der Waals surface area contributed by atoms with Gasteiger partial charge in [-0.2, -0.15) is 8.78 Å². The van der Waals surface area contributed by atoms with Gasteiger partial charge in [0.15, 0.2) is 0 Å². The normalized spacial score (nSPS) is 15.3. The molecular weight excluding hydrogens is 230 g/mol. The Hall–Kier alpha value is -1.10. The van der Waals surface area contributed by atoms with Gasteiger partial charge in [0, 0.05) is 23.5 Å². The van der Waals surface area contributed by atoms with Crippen molar-refractivity contribution in [1.29, 1.82) is 0 Å². The second-order valence-corrected chi connectivity index (χ2v) is 4.52. The Morgan fingerprint density at radius 1 is 1.25 bits per heavy atom. The Bertz CT molecular complexity index is 376. The number of amidine groups is 1. The third kappa shape index (κ3) is 3.20. The molecule has 0 aromatic heterocycles. The van der Waals surface area contributed by atoms with E-state index in [1.807, 2.05) is 0 Å². The Morgan fingerprint density at radius 2 is 2.00 bits per heavy atom. The first-order chi connectivity index (χ1) is 7.74. The van der Waals surface area contributed by atoms with Crippen molar-refractivity contribution in [3.05, 3.63) is 24.3 Å². The van der Waals surface area contributed by atoms with Crippen LogP contribution in [-0.4, -0.2) is 18.1 Å². The average molecular weight is 242 g/mol. The lowest BCUT2D eigenvalue weighted by Crippen LogP contribution is -2.07. The number of rotatable bonds is 3. The highest BCUT2D eigenvalue weighted by atomic mass is 32.2. The zero-order valence-electron chi connectivity index (χ0n) is 8.62. The Kier molecular flexibility index (Phi) is 3.77. The average Bonchev–Trinajstić information content (AvgIpc) is 2.73. The Morgan fingerprint density at radius 3 is 2.56 bits per heavy atom. The number of hydrogen-bond acceptors (Lipinski definition) is 3. The molecule has 0 aliphatic carbocycles. The topological polar surface area (TPSA) is 24.4 Å². The van der Waals surface area contributed by atoms with Crippen molar-refractivity contribution in [2.45, 2.75) is 23.5 Å². The molecule has 0 bridgehead atoms. The van der Waals surface area contributed by atoms with Crippen LogP contribution in [0, 0.1) is 0 Å². The zero-order valence-corrected chi connectivity index (χ0v) is 9.44. The Labute approximate surface area is 97.1 Å². The van der Waals surface area contributed by atoms with Gasteiger partial charge in [-0.25, -0.2) is 0 Å². The van der Waals surface area contributed by atoms with E-state index in [0.29, 0.717) is 16.7 Å². The lowest BCUT2D eigenvalue weighted by Gasteiger charge is -2.06. The maximum atomic E-state index is 12.1. The van der Waals surface area contributed by atoms with Gasteiger partial charge in [0.25, 0.3) is 5.76 Å². The minimum atomic E-state index is -2.36. The molecule has 0 unspecified atom stereocenters. The molecule has 1 aromatic carbocycles. The molecule has 16 heavy (non-hydrogen) atoms. The molecule has 0 amide bonds. The first-order valence-electron chi connectivity index (χ1n) is 5.09. The van der Waals surface area contributed by atoms with Crippen LogP contribution < -0.4 is 5.32 Å². The molecule has 1 N–H and O–H groups in total. The van der Waals surface area contributed by atoms with Crippen molar-refractivity contribution in [3.63, 3.8) is 0 Å². The molecule has 2 nitrogen and oxygen atoms in total. The van der Waals surface area contributed by atoms with Gasteiger partial charge >= 0.3 is 0 Å². The summed E-state index contributed by atoms with van der Waals surface area (Å²) in [5, 5.41) is 3.17. The molecule has 86 valence electrons. The number of thioether (sulfide) groups is 1. The molecular formula is C11H12F2N2S. The van der Waals surface area contributed by atoms with E-state index < -0.39 is 5.76 Å². The minimum Gasteiger partial charge on any atom is -0.344 e. The fourth-order valence-corrected chi connectivity index (χ4v) is 2.03. The van der Waals surface area contributed by atoms with Crippen LogP contribution in [0.5, 0.6) is 0 Å². The molecule has 5 heteroatoms. The summed E-state index contributed by atoms with van der Waals surface area (Å²) in [5.74, 6) is -1.38. The molecule has 1 aliphatic rings. The van der Waals surface area contributed by atoms with Crippen molar-refractivity contribution < 1.29 is 8.78 Å². The van der Waals surface area contributed by atoms with Crippen LogP contribution in [0.3, 0.4) is 0 Å². The minimum absolute atomic E-state index is 0.559. The summed E-state index contributed by atoms with van der Waals surface area (Å²) in [4.78, 5) is 4.86. The first kappa shape index (κ1) is 11.4. The fourth-order valence-electron chi connectivity index (χ4n) is 1.53. The van der Waals surface area contributed by atoms with Crippen molar-refractivity contribution >= 4 is 23.3 Å². The number of benzene rings is 1. The van der Waals surface area contributed by atoms with Gasteiger partial charge in [0.05, 0.1) is 0 Å². The summed E-state index contributed by atoms with van der Waals surface area (Å²) in [6.45, 7) is 0.877. The Balaban J connectivity index is 1.96. The number of halogens is 2. The predicted molar refractivity (Wildman–Crippen MR) is 63.5 cm³/mol. The largest absolute Gasteiger partial charge is 0.344 e. The van der Waals surface area contributed by atoms with Gasteiger partial charge in [-0.15, -0.1) is 0 Å². The van der Waals surface area contributed by atoms with Crippen molar-refractivity contribution in [2.75, 3.05) is 11.9 Å². The summed E-state index contributed by atoms with van der Waals surface area (Å²) in [6.07, 6.45) is 2.05. The van der Waals surface area contributed by atoms with E-state index in [4.69, 9.17) is 0 Å². The maximum absolute atomic E-state index is 12.1. The molecule has 0 fully saturated rings. The highest BCUT2D eigenvalue weighted by molar-refractivity contribution is 7.99. The van der Waals surface area contributed by atoms with Crippen molar-refractivity contribution in [1.82, 2.24) is 0 Å². The van der Waals surface area contributed by atoms with Crippen LogP contribution >= 0.6 is 11.8 Å². The third-order valence-electron chi connectivity index (χ3n) is 2.24. The number of hydrogen-bond donors (Lipinski definition) is 1. The fraction of sp³-hybridized carbons (Fsp3) is 0.364. The van der Waals surface area contributed by atoms with Crippen molar-refractivity contribution in [2.24, 2.45) is 4.99 Å². The molecule has 2 rings (SSSR count). The summed E-state index contributed by atoms with van der Waals surface area (Å²) >= 11 is 0.559. The summed E-state index contributed by atoms with van der Waals surface area (Å²) in [7, 11) is 0. The van der Waals surface area contributed by atoms with E-state index in [0.717, 1.165) is 30.9 Å². The molecule has 0 atom stereocenters. The standard InChI is InChI=1S/C11H12F2N2S/c12-11(13)16-9-5-3-8(4-6-9)15-10-2-1-7-14-10/h3-6,11H,1-2,7H2,(H,14,15). The van der Waals surface area contributed by atoms with Crippen LogP contribution in [0.1, 0.15) is 12.8 Å². The van der Waals surface area contributed by atoms with Crippen LogP contribution in [0.4, 0.5) is 14.5 Å². The van der Waals surface area contributed by atoms with Crippen molar-refractivity contribution in [3.8, 4) is 0 Å². The molecule has 0 saturated heterocycles. The molecule has 0 radical (unpaired) electrons. The highest BCUT2D eigenvalue weighted by Crippen LogP contribution is 2.26. The number of nitrogens with one attached hydrogen (secondary N) is 1. The zero-order chi connectivity index (χ0) is 11.4. The maximum Gasteiger partial charge on any atom is 0.288 e. The lowest BCUT2D eigenvalue weighted by atomic mass is 10.3. The monoisotopic (exact) mass is 242 g/mol. The lowest BCUT2D eigenvalue weighted by molar-refractivity contribution is 0.252. The van der Waals surface area contributed by atoms with Gasteiger partial charge in [0.2, 0.25) is 0 Å². The van der Waals surface area contributed by atoms with Crippen LogP contribution in [0.2, 0.25) is 0 Å². The summed E-state index contributed by atoms with van der Waals surface area (Å²) in [6, 6.07) is 6.97. The molecule has 0 spiro atoms. The first-order valence-corrected chi connectivity index (χ1v) is 5.97. The van der Waals surface area contributed by atoms with Gasteiger partial charge in [-0.3, -0.25) is 4.99 Å². The third-order valence-corrected chi connectivity index (χ3v) is 2.96.